The number of rotatable bonds is 4. The predicted molar refractivity (Wildman–Crippen MR) is 70.2 cm³/mol. The Kier molecular flexibility index (Phi) is 3.52. The summed E-state index contributed by atoms with van der Waals surface area (Å²) in [5.74, 6) is -1.67. The van der Waals surface area contributed by atoms with E-state index in [2.05, 4.69) is 0 Å². The summed E-state index contributed by atoms with van der Waals surface area (Å²) in [6, 6.07) is 6.12. The fourth-order valence-electron chi connectivity index (χ4n) is 1.67. The molecule has 0 atom stereocenters. The van der Waals surface area contributed by atoms with Crippen LogP contribution in [-0.4, -0.2) is 29.3 Å². The van der Waals surface area contributed by atoms with Gasteiger partial charge in [-0.2, -0.15) is 0 Å². The number of carboxylic acid groups (broad SMARTS) is 2. The van der Waals surface area contributed by atoms with Crippen molar-refractivity contribution < 1.29 is 24.5 Å². The molecule has 0 aliphatic rings. The highest BCUT2D eigenvalue weighted by atomic mass is 32.1. The van der Waals surface area contributed by atoms with Gasteiger partial charge in [-0.3, -0.25) is 0 Å². The molecule has 2 rings (SSSR count). The number of carboxylic acids is 2. The second-order valence-electron chi connectivity index (χ2n) is 3.72. The average molecular weight is 278 g/mol. The zero-order valence-corrected chi connectivity index (χ0v) is 10.7. The van der Waals surface area contributed by atoms with Crippen LogP contribution in [0.2, 0.25) is 0 Å². The maximum absolute atomic E-state index is 11.2. The van der Waals surface area contributed by atoms with Crippen LogP contribution in [0.25, 0.3) is 11.1 Å². The van der Waals surface area contributed by atoms with Crippen molar-refractivity contribution in [2.45, 2.75) is 0 Å². The van der Waals surface area contributed by atoms with E-state index in [0.29, 0.717) is 16.9 Å². The van der Waals surface area contributed by atoms with E-state index < -0.39 is 11.9 Å². The van der Waals surface area contributed by atoms with Crippen LogP contribution in [0.4, 0.5) is 0 Å². The van der Waals surface area contributed by atoms with E-state index in [1.165, 1.54) is 19.2 Å². The molecule has 0 radical (unpaired) electrons. The van der Waals surface area contributed by atoms with Gasteiger partial charge in [-0.15, -0.1) is 11.3 Å². The standard InChI is InChI=1S/C13H10O5S/c1-18-8-2-3-9(10(5-8)12(14)15)7-4-11(13(16)17)19-6-7/h2-6H,1H3,(H,14,15)(H,16,17). The van der Waals surface area contributed by atoms with Crippen LogP contribution in [0.5, 0.6) is 5.75 Å². The Balaban J connectivity index is 2.54. The lowest BCUT2D eigenvalue weighted by atomic mass is 10.0. The maximum atomic E-state index is 11.2. The Labute approximate surface area is 112 Å². The fraction of sp³-hybridized carbons (Fsp3) is 0.0769. The molecule has 98 valence electrons. The summed E-state index contributed by atoms with van der Waals surface area (Å²) in [5.41, 5.74) is 1.12. The van der Waals surface area contributed by atoms with Gasteiger partial charge in [0.2, 0.25) is 0 Å². The van der Waals surface area contributed by atoms with Gasteiger partial charge in [-0.25, -0.2) is 9.59 Å². The SMILES string of the molecule is COc1ccc(-c2csc(C(=O)O)c2)c(C(=O)O)c1. The van der Waals surface area contributed by atoms with Gasteiger partial charge in [0.15, 0.2) is 0 Å². The first kappa shape index (κ1) is 13.1. The molecule has 0 fully saturated rings. The molecule has 19 heavy (non-hydrogen) atoms. The topological polar surface area (TPSA) is 83.8 Å². The molecule has 1 aromatic heterocycles. The first-order chi connectivity index (χ1) is 9.02. The van der Waals surface area contributed by atoms with Crippen molar-refractivity contribution in [1.82, 2.24) is 0 Å². The Morgan fingerprint density at radius 1 is 1.16 bits per heavy atom. The van der Waals surface area contributed by atoms with Gasteiger partial charge in [0.25, 0.3) is 0 Å². The molecule has 1 aromatic carbocycles. The number of carbonyl (C=O) groups is 2. The minimum Gasteiger partial charge on any atom is -0.497 e. The van der Waals surface area contributed by atoms with Crippen molar-refractivity contribution in [1.29, 1.82) is 0 Å². The van der Waals surface area contributed by atoms with Crippen LogP contribution in [-0.2, 0) is 0 Å². The number of hydrogen-bond acceptors (Lipinski definition) is 4. The van der Waals surface area contributed by atoms with Crippen LogP contribution >= 0.6 is 11.3 Å². The third-order valence-corrected chi connectivity index (χ3v) is 3.50. The van der Waals surface area contributed by atoms with Crippen molar-refractivity contribution in [3.8, 4) is 16.9 Å². The van der Waals surface area contributed by atoms with Gasteiger partial charge in [0.1, 0.15) is 10.6 Å². The summed E-state index contributed by atoms with van der Waals surface area (Å²) < 4.78 is 4.98. The maximum Gasteiger partial charge on any atom is 0.345 e. The van der Waals surface area contributed by atoms with E-state index in [4.69, 9.17) is 9.84 Å². The van der Waals surface area contributed by atoms with E-state index in [1.807, 2.05) is 0 Å². The molecular weight excluding hydrogens is 268 g/mol. The normalized spacial score (nSPS) is 10.2. The van der Waals surface area contributed by atoms with Crippen LogP contribution < -0.4 is 4.74 Å². The Hall–Kier alpha value is -2.34. The summed E-state index contributed by atoms with van der Waals surface area (Å²) in [5, 5.41) is 19.7. The number of benzene rings is 1. The molecule has 0 bridgehead atoms. The third kappa shape index (κ3) is 2.58. The molecular formula is C13H10O5S. The smallest absolute Gasteiger partial charge is 0.345 e. The summed E-state index contributed by atoms with van der Waals surface area (Å²) >= 11 is 1.06. The van der Waals surface area contributed by atoms with E-state index in [-0.39, 0.29) is 10.4 Å². The Morgan fingerprint density at radius 3 is 2.42 bits per heavy atom. The van der Waals surface area contributed by atoms with Crippen molar-refractivity contribution >= 4 is 23.3 Å². The van der Waals surface area contributed by atoms with Gasteiger partial charge in [0, 0.05) is 0 Å². The zero-order chi connectivity index (χ0) is 14.0. The van der Waals surface area contributed by atoms with Gasteiger partial charge < -0.3 is 14.9 Å². The number of aromatic carboxylic acids is 2. The molecule has 0 aliphatic heterocycles. The van der Waals surface area contributed by atoms with Gasteiger partial charge in [-0.05, 0) is 40.8 Å². The van der Waals surface area contributed by atoms with Crippen molar-refractivity contribution in [3.05, 3.63) is 40.1 Å². The van der Waals surface area contributed by atoms with Crippen molar-refractivity contribution in [3.63, 3.8) is 0 Å². The third-order valence-electron chi connectivity index (χ3n) is 2.58. The van der Waals surface area contributed by atoms with Crippen molar-refractivity contribution in [2.75, 3.05) is 7.11 Å². The first-order valence-electron chi connectivity index (χ1n) is 5.26. The molecule has 2 N–H and O–H groups in total. The number of ether oxygens (including phenoxy) is 1. The predicted octanol–water partition coefficient (Wildman–Crippen LogP) is 2.82. The lowest BCUT2D eigenvalue weighted by Gasteiger charge is -2.06. The molecule has 6 heteroatoms. The van der Waals surface area contributed by atoms with E-state index >= 15 is 0 Å². The minimum atomic E-state index is -1.09. The van der Waals surface area contributed by atoms with Gasteiger partial charge >= 0.3 is 11.9 Å². The average Bonchev–Trinajstić information content (AvgIpc) is 2.87. The molecule has 5 nitrogen and oxygen atoms in total. The molecule has 2 aromatic rings. The molecule has 0 amide bonds. The van der Waals surface area contributed by atoms with Crippen LogP contribution in [0.1, 0.15) is 20.0 Å². The summed E-state index contributed by atoms with van der Waals surface area (Å²) in [6.07, 6.45) is 0. The molecule has 0 saturated carbocycles. The highest BCUT2D eigenvalue weighted by molar-refractivity contribution is 7.12. The van der Waals surface area contributed by atoms with Crippen LogP contribution in [0.3, 0.4) is 0 Å². The lowest BCUT2D eigenvalue weighted by Crippen LogP contribution is -2.00. The summed E-state index contributed by atoms with van der Waals surface area (Å²) in [7, 11) is 1.45. The molecule has 1 heterocycles. The van der Waals surface area contributed by atoms with E-state index in [1.54, 1.807) is 17.5 Å². The first-order valence-corrected chi connectivity index (χ1v) is 6.14. The molecule has 0 spiro atoms. The van der Waals surface area contributed by atoms with Gasteiger partial charge in [-0.1, -0.05) is 0 Å². The van der Waals surface area contributed by atoms with Gasteiger partial charge in [0.05, 0.1) is 12.7 Å². The Morgan fingerprint density at radius 2 is 1.89 bits per heavy atom. The zero-order valence-electron chi connectivity index (χ0n) is 9.91. The second-order valence-corrected chi connectivity index (χ2v) is 4.63. The van der Waals surface area contributed by atoms with E-state index in [9.17, 15) is 14.7 Å². The molecule has 0 unspecified atom stereocenters. The fourth-order valence-corrected chi connectivity index (χ4v) is 2.41. The second kappa shape index (κ2) is 5.11. The largest absolute Gasteiger partial charge is 0.497 e. The van der Waals surface area contributed by atoms with E-state index in [0.717, 1.165) is 11.3 Å². The number of thiophene rings is 1. The number of hydrogen-bond donors (Lipinski definition) is 2. The molecule has 0 saturated heterocycles. The van der Waals surface area contributed by atoms with Crippen LogP contribution in [0, 0.1) is 0 Å². The van der Waals surface area contributed by atoms with Crippen molar-refractivity contribution in [2.24, 2.45) is 0 Å². The lowest BCUT2D eigenvalue weighted by molar-refractivity contribution is 0.0689. The monoisotopic (exact) mass is 278 g/mol. The number of methoxy groups -OCH3 is 1. The summed E-state index contributed by atoms with van der Waals surface area (Å²) in [4.78, 5) is 22.2. The Bertz CT molecular complexity index is 644. The highest BCUT2D eigenvalue weighted by Crippen LogP contribution is 2.31. The highest BCUT2D eigenvalue weighted by Gasteiger charge is 2.15. The quantitative estimate of drug-likeness (QED) is 0.898. The molecule has 0 aliphatic carbocycles. The summed E-state index contributed by atoms with van der Waals surface area (Å²) in [6.45, 7) is 0. The minimum absolute atomic E-state index is 0.0779. The van der Waals surface area contributed by atoms with Crippen LogP contribution in [0.15, 0.2) is 29.6 Å².